The van der Waals surface area contributed by atoms with Crippen LogP contribution in [0, 0.1) is 0 Å². The maximum absolute atomic E-state index is 13.3. The Hall–Kier alpha value is -3.42. The molecule has 0 atom stereocenters. The number of nitrogens with zero attached hydrogens (tertiary/aromatic N) is 5. The number of aromatic amines is 1. The molecule has 0 spiro atoms. The van der Waals surface area contributed by atoms with Crippen molar-refractivity contribution in [3.05, 3.63) is 69.4 Å². The third-order valence-corrected chi connectivity index (χ3v) is 5.50. The van der Waals surface area contributed by atoms with Crippen molar-refractivity contribution in [3.63, 3.8) is 0 Å². The van der Waals surface area contributed by atoms with E-state index in [1.807, 2.05) is 31.4 Å². The van der Waals surface area contributed by atoms with Gasteiger partial charge in [-0.2, -0.15) is 5.10 Å². The average Bonchev–Trinajstić information content (AvgIpc) is 3.28. The van der Waals surface area contributed by atoms with Gasteiger partial charge < -0.3 is 4.98 Å². The highest BCUT2D eigenvalue weighted by Crippen LogP contribution is 2.33. The minimum atomic E-state index is -0.303. The third kappa shape index (κ3) is 2.60. The van der Waals surface area contributed by atoms with Gasteiger partial charge in [0.1, 0.15) is 5.52 Å². The average molecular weight is 376 g/mol. The summed E-state index contributed by atoms with van der Waals surface area (Å²) in [6.45, 7) is 0.226. The van der Waals surface area contributed by atoms with Gasteiger partial charge in [0.2, 0.25) is 0 Å². The lowest BCUT2D eigenvalue weighted by Crippen LogP contribution is -2.42. The summed E-state index contributed by atoms with van der Waals surface area (Å²) in [5, 5.41) is 4.20. The SMILES string of the molecule is Cn1cc(-c2cc3c([nH]2)c(=O)n(Cc2ccncc2)c(=O)n3C2CCC2)cn1. The minimum Gasteiger partial charge on any atom is -0.349 e. The molecule has 0 radical (unpaired) electrons. The van der Waals surface area contributed by atoms with Crippen LogP contribution in [-0.2, 0) is 13.6 Å². The lowest BCUT2D eigenvalue weighted by molar-refractivity contribution is 0.306. The highest BCUT2D eigenvalue weighted by molar-refractivity contribution is 5.82. The first-order chi connectivity index (χ1) is 13.6. The molecule has 0 bridgehead atoms. The van der Waals surface area contributed by atoms with Crippen LogP contribution >= 0.6 is 0 Å². The first-order valence-corrected chi connectivity index (χ1v) is 9.38. The Morgan fingerprint density at radius 2 is 2.00 bits per heavy atom. The normalized spacial score (nSPS) is 14.5. The molecule has 4 aromatic heterocycles. The summed E-state index contributed by atoms with van der Waals surface area (Å²) in [5.74, 6) is 0. The molecule has 4 heterocycles. The van der Waals surface area contributed by atoms with Crippen LogP contribution in [0.25, 0.3) is 22.3 Å². The van der Waals surface area contributed by atoms with Crippen LogP contribution in [0.2, 0.25) is 0 Å². The molecule has 0 aliphatic heterocycles. The van der Waals surface area contributed by atoms with Crippen LogP contribution in [0.4, 0.5) is 0 Å². The zero-order valence-electron chi connectivity index (χ0n) is 15.5. The number of hydrogen-bond donors (Lipinski definition) is 1. The lowest BCUT2D eigenvalue weighted by Gasteiger charge is -2.28. The molecule has 4 aromatic rings. The molecule has 8 nitrogen and oxygen atoms in total. The molecule has 1 fully saturated rings. The number of fused-ring (bicyclic) bond motifs is 1. The molecular weight excluding hydrogens is 356 g/mol. The number of hydrogen-bond acceptors (Lipinski definition) is 4. The standard InChI is InChI=1S/C20H20N6O2/c1-24-12-14(10-22-24)16-9-17-18(23-16)19(27)25(11-13-5-7-21-8-6-13)20(28)26(17)15-3-2-4-15/h5-10,12,15,23H,2-4,11H2,1H3. The zero-order valence-corrected chi connectivity index (χ0v) is 15.5. The van der Waals surface area contributed by atoms with Crippen LogP contribution in [0.3, 0.4) is 0 Å². The minimum absolute atomic E-state index is 0.136. The summed E-state index contributed by atoms with van der Waals surface area (Å²) < 4.78 is 4.82. The molecule has 8 heteroatoms. The quantitative estimate of drug-likeness (QED) is 0.590. The van der Waals surface area contributed by atoms with Gasteiger partial charge in [-0.3, -0.25) is 23.6 Å². The predicted octanol–water partition coefficient (Wildman–Crippen LogP) is 2.06. The van der Waals surface area contributed by atoms with E-state index < -0.39 is 0 Å². The van der Waals surface area contributed by atoms with Crippen molar-refractivity contribution < 1.29 is 0 Å². The molecule has 1 saturated carbocycles. The van der Waals surface area contributed by atoms with E-state index in [4.69, 9.17) is 0 Å². The van der Waals surface area contributed by atoms with Crippen LogP contribution in [0.15, 0.2) is 52.6 Å². The van der Waals surface area contributed by atoms with E-state index in [2.05, 4.69) is 15.1 Å². The summed E-state index contributed by atoms with van der Waals surface area (Å²) >= 11 is 0. The second-order valence-electron chi connectivity index (χ2n) is 7.33. The van der Waals surface area contributed by atoms with Gasteiger partial charge in [-0.25, -0.2) is 4.79 Å². The van der Waals surface area contributed by atoms with Crippen molar-refractivity contribution in [2.75, 3.05) is 0 Å². The fourth-order valence-electron chi connectivity index (χ4n) is 3.78. The molecular formula is C20H20N6O2. The largest absolute Gasteiger partial charge is 0.349 e. The molecule has 0 amide bonds. The van der Waals surface area contributed by atoms with Crippen LogP contribution < -0.4 is 11.2 Å². The third-order valence-electron chi connectivity index (χ3n) is 5.50. The molecule has 1 N–H and O–H groups in total. The lowest BCUT2D eigenvalue weighted by atomic mass is 9.92. The number of nitrogens with one attached hydrogen (secondary N) is 1. The van der Waals surface area contributed by atoms with Crippen molar-refractivity contribution in [2.24, 2.45) is 7.05 Å². The number of rotatable bonds is 4. The topological polar surface area (TPSA) is 90.5 Å². The van der Waals surface area contributed by atoms with Gasteiger partial charge in [0.15, 0.2) is 0 Å². The molecule has 5 rings (SSSR count). The number of aryl methyl sites for hydroxylation is 1. The number of H-pyrrole nitrogens is 1. The molecule has 0 saturated heterocycles. The van der Waals surface area contributed by atoms with Gasteiger partial charge in [0.05, 0.1) is 24.0 Å². The second kappa shape index (κ2) is 6.33. The first kappa shape index (κ1) is 16.7. The molecule has 28 heavy (non-hydrogen) atoms. The van der Waals surface area contributed by atoms with Gasteiger partial charge in [-0.05, 0) is 43.0 Å². The predicted molar refractivity (Wildman–Crippen MR) is 105 cm³/mol. The van der Waals surface area contributed by atoms with Gasteiger partial charge >= 0.3 is 5.69 Å². The highest BCUT2D eigenvalue weighted by atomic mass is 16.2. The Bertz CT molecular complexity index is 1270. The van der Waals surface area contributed by atoms with Crippen molar-refractivity contribution in [2.45, 2.75) is 31.8 Å². The number of aromatic nitrogens is 6. The van der Waals surface area contributed by atoms with E-state index in [1.54, 1.807) is 27.8 Å². The summed E-state index contributed by atoms with van der Waals surface area (Å²) in [5.41, 5.74) is 3.11. The fraction of sp³-hybridized carbons (Fsp3) is 0.300. The van der Waals surface area contributed by atoms with Crippen LogP contribution in [-0.4, -0.2) is 28.9 Å². The number of pyridine rings is 1. The summed E-state index contributed by atoms with van der Waals surface area (Å²) in [7, 11) is 1.85. The van der Waals surface area contributed by atoms with Crippen molar-refractivity contribution in [1.29, 1.82) is 0 Å². The maximum atomic E-state index is 13.3. The van der Waals surface area contributed by atoms with E-state index in [0.717, 1.165) is 36.1 Å². The van der Waals surface area contributed by atoms with E-state index >= 15 is 0 Å². The fourth-order valence-corrected chi connectivity index (χ4v) is 3.78. The van der Waals surface area contributed by atoms with Gasteiger partial charge in [-0.15, -0.1) is 0 Å². The highest BCUT2D eigenvalue weighted by Gasteiger charge is 2.26. The van der Waals surface area contributed by atoms with Crippen LogP contribution in [0.5, 0.6) is 0 Å². The molecule has 1 aliphatic rings. The molecule has 142 valence electrons. The van der Waals surface area contributed by atoms with E-state index in [9.17, 15) is 9.59 Å². The van der Waals surface area contributed by atoms with Gasteiger partial charge in [-0.1, -0.05) is 0 Å². The monoisotopic (exact) mass is 376 g/mol. The Kier molecular flexibility index (Phi) is 3.78. The smallest absolute Gasteiger partial charge is 0.332 e. The van der Waals surface area contributed by atoms with E-state index in [1.165, 1.54) is 4.57 Å². The van der Waals surface area contributed by atoms with Crippen molar-refractivity contribution in [1.82, 2.24) is 28.9 Å². The second-order valence-corrected chi connectivity index (χ2v) is 7.33. The van der Waals surface area contributed by atoms with Crippen molar-refractivity contribution in [3.8, 4) is 11.3 Å². The summed E-state index contributed by atoms with van der Waals surface area (Å²) in [6.07, 6.45) is 9.96. The Morgan fingerprint density at radius 1 is 1.21 bits per heavy atom. The van der Waals surface area contributed by atoms with E-state index in [0.29, 0.717) is 11.0 Å². The molecule has 1 aliphatic carbocycles. The maximum Gasteiger partial charge on any atom is 0.332 e. The van der Waals surface area contributed by atoms with Gasteiger partial charge in [0.25, 0.3) is 5.56 Å². The Morgan fingerprint density at radius 3 is 2.64 bits per heavy atom. The first-order valence-electron chi connectivity index (χ1n) is 9.38. The molecule has 0 unspecified atom stereocenters. The summed E-state index contributed by atoms with van der Waals surface area (Å²) in [6, 6.07) is 5.67. The van der Waals surface area contributed by atoms with Gasteiger partial charge in [0, 0.05) is 37.2 Å². The molecule has 0 aromatic carbocycles. The van der Waals surface area contributed by atoms with Crippen LogP contribution in [0.1, 0.15) is 30.9 Å². The summed E-state index contributed by atoms with van der Waals surface area (Å²) in [4.78, 5) is 33.7. The Balaban J connectivity index is 1.74. The zero-order chi connectivity index (χ0) is 19.3. The van der Waals surface area contributed by atoms with E-state index in [-0.39, 0.29) is 23.8 Å². The Labute approximate surface area is 160 Å². The van der Waals surface area contributed by atoms with Crippen molar-refractivity contribution >= 4 is 11.0 Å².